The van der Waals surface area contributed by atoms with E-state index < -0.39 is 29.2 Å². The normalized spacial score (nSPS) is 17.4. The van der Waals surface area contributed by atoms with Crippen LogP contribution in [-0.2, 0) is 17.5 Å². The average Bonchev–Trinajstić information content (AvgIpc) is 3.63. The molecule has 1 unspecified atom stereocenters. The molecule has 2 aromatic carbocycles. The lowest BCUT2D eigenvalue weighted by Gasteiger charge is -2.17. The third kappa shape index (κ3) is 6.97. The topological polar surface area (TPSA) is 105 Å². The second-order valence-corrected chi connectivity index (χ2v) is 9.78. The number of aliphatic hydroxyl groups is 1. The molecule has 1 heterocycles. The van der Waals surface area contributed by atoms with E-state index in [9.17, 15) is 23.1 Å². The van der Waals surface area contributed by atoms with Gasteiger partial charge in [-0.1, -0.05) is 18.2 Å². The van der Waals surface area contributed by atoms with Gasteiger partial charge in [-0.15, -0.1) is 0 Å². The number of halogens is 3. The van der Waals surface area contributed by atoms with Gasteiger partial charge in [0.15, 0.2) is 0 Å². The molecule has 37 heavy (non-hydrogen) atoms. The summed E-state index contributed by atoms with van der Waals surface area (Å²) in [5, 5.41) is 21.9. The zero-order chi connectivity index (χ0) is 26.8. The van der Waals surface area contributed by atoms with Crippen molar-refractivity contribution in [2.75, 3.05) is 11.9 Å². The van der Waals surface area contributed by atoms with Crippen LogP contribution in [0.15, 0.2) is 54.9 Å². The van der Waals surface area contributed by atoms with Gasteiger partial charge in [-0.25, -0.2) is 4.98 Å². The van der Waals surface area contributed by atoms with Crippen LogP contribution in [0.3, 0.4) is 0 Å². The smallest absolute Gasteiger partial charge is 0.417 e. The van der Waals surface area contributed by atoms with Gasteiger partial charge < -0.3 is 20.3 Å². The first kappa shape index (κ1) is 26.4. The molecule has 7 nitrogen and oxygen atoms in total. The van der Waals surface area contributed by atoms with Crippen molar-refractivity contribution in [3.05, 3.63) is 71.7 Å². The minimum atomic E-state index is -4.53. The lowest BCUT2D eigenvalue weighted by atomic mass is 9.96. The quantitative estimate of drug-likeness (QED) is 0.327. The number of hydrogen-bond acceptors (Lipinski definition) is 6. The van der Waals surface area contributed by atoms with Crippen molar-refractivity contribution in [1.29, 1.82) is 0 Å². The highest BCUT2D eigenvalue weighted by Gasteiger charge is 2.45. The van der Waals surface area contributed by atoms with Crippen molar-refractivity contribution in [3.8, 4) is 16.9 Å². The molecule has 1 saturated carbocycles. The van der Waals surface area contributed by atoms with Gasteiger partial charge >= 0.3 is 12.1 Å². The number of carboxylic acid groups (broad SMARTS) is 1. The first-order valence-corrected chi connectivity index (χ1v) is 11.8. The Bertz CT molecular complexity index is 1240. The fraction of sp³-hybridized carbons (Fsp3) is 0.370. The van der Waals surface area contributed by atoms with E-state index in [-0.39, 0.29) is 24.6 Å². The Hall–Kier alpha value is -3.66. The zero-order valence-corrected chi connectivity index (χ0v) is 20.4. The molecule has 0 saturated heterocycles. The average molecular weight is 516 g/mol. The van der Waals surface area contributed by atoms with E-state index >= 15 is 0 Å². The summed E-state index contributed by atoms with van der Waals surface area (Å²) >= 11 is 0. The van der Waals surface area contributed by atoms with E-state index in [1.165, 1.54) is 24.5 Å². The summed E-state index contributed by atoms with van der Waals surface area (Å²) < 4.78 is 46.8. The SMILES string of the molecule is CC(C)(O)CCOc1ccc(-c2cc(CNc3cnc(C4C[C@H]4C(=O)O)cn3)ccc2C(F)(F)F)cc1. The second kappa shape index (κ2) is 10.4. The number of nitrogens with one attached hydrogen (secondary N) is 1. The molecule has 2 atom stereocenters. The lowest BCUT2D eigenvalue weighted by Crippen LogP contribution is -2.21. The molecule has 196 valence electrons. The third-order valence-corrected chi connectivity index (χ3v) is 6.17. The number of aromatic nitrogens is 2. The lowest BCUT2D eigenvalue weighted by molar-refractivity contribution is -0.139. The fourth-order valence-electron chi connectivity index (χ4n) is 3.94. The summed E-state index contributed by atoms with van der Waals surface area (Å²) in [4.78, 5) is 19.6. The number of benzene rings is 2. The Morgan fingerprint density at radius 2 is 1.84 bits per heavy atom. The third-order valence-electron chi connectivity index (χ3n) is 6.17. The number of anilines is 1. The van der Waals surface area contributed by atoms with Gasteiger partial charge in [-0.2, -0.15) is 13.2 Å². The first-order valence-electron chi connectivity index (χ1n) is 11.8. The number of nitrogens with zero attached hydrogens (tertiary/aromatic N) is 2. The summed E-state index contributed by atoms with van der Waals surface area (Å²) in [5.41, 5.74) is 0.0585. The number of carboxylic acids is 1. The maximum atomic E-state index is 13.7. The van der Waals surface area contributed by atoms with Gasteiger partial charge in [0.05, 0.1) is 41.8 Å². The Morgan fingerprint density at radius 3 is 2.41 bits per heavy atom. The number of alkyl halides is 3. The van der Waals surface area contributed by atoms with Gasteiger partial charge in [-0.3, -0.25) is 9.78 Å². The maximum absolute atomic E-state index is 13.7. The van der Waals surface area contributed by atoms with Crippen LogP contribution in [0.1, 0.15) is 49.4 Å². The van der Waals surface area contributed by atoms with E-state index in [4.69, 9.17) is 9.84 Å². The van der Waals surface area contributed by atoms with Crippen LogP contribution in [0.25, 0.3) is 11.1 Å². The Labute approximate surface area is 212 Å². The van der Waals surface area contributed by atoms with Crippen molar-refractivity contribution >= 4 is 11.8 Å². The van der Waals surface area contributed by atoms with E-state index in [0.717, 1.165) is 6.07 Å². The summed E-state index contributed by atoms with van der Waals surface area (Å²) in [6, 6.07) is 10.3. The van der Waals surface area contributed by atoms with Crippen molar-refractivity contribution in [2.24, 2.45) is 5.92 Å². The summed E-state index contributed by atoms with van der Waals surface area (Å²) in [6.45, 7) is 3.85. The molecule has 10 heteroatoms. The summed E-state index contributed by atoms with van der Waals surface area (Å²) in [6.07, 6.45) is -0.549. The van der Waals surface area contributed by atoms with E-state index in [1.54, 1.807) is 38.1 Å². The molecule has 4 rings (SSSR count). The zero-order valence-electron chi connectivity index (χ0n) is 20.4. The van der Waals surface area contributed by atoms with Gasteiger partial charge in [-0.05, 0) is 61.2 Å². The molecule has 0 aliphatic heterocycles. The van der Waals surface area contributed by atoms with Crippen LogP contribution in [0.4, 0.5) is 19.0 Å². The van der Waals surface area contributed by atoms with Gasteiger partial charge in [0.25, 0.3) is 0 Å². The van der Waals surface area contributed by atoms with Crippen LogP contribution in [0, 0.1) is 5.92 Å². The van der Waals surface area contributed by atoms with Crippen LogP contribution >= 0.6 is 0 Å². The predicted octanol–water partition coefficient (Wildman–Crippen LogP) is 5.50. The van der Waals surface area contributed by atoms with E-state index in [0.29, 0.717) is 41.2 Å². The van der Waals surface area contributed by atoms with Gasteiger partial charge in [0.2, 0.25) is 0 Å². The van der Waals surface area contributed by atoms with Crippen molar-refractivity contribution < 1.29 is 32.9 Å². The van der Waals surface area contributed by atoms with Crippen LogP contribution < -0.4 is 10.1 Å². The first-order chi connectivity index (χ1) is 17.4. The highest BCUT2D eigenvalue weighted by atomic mass is 19.4. The van der Waals surface area contributed by atoms with Crippen LogP contribution in [-0.4, -0.2) is 38.4 Å². The van der Waals surface area contributed by atoms with Crippen LogP contribution in [0.2, 0.25) is 0 Å². The minimum Gasteiger partial charge on any atom is -0.493 e. The van der Waals surface area contributed by atoms with E-state index in [2.05, 4.69) is 15.3 Å². The molecule has 3 aromatic rings. The number of ether oxygens (including phenoxy) is 1. The Balaban J connectivity index is 1.46. The molecule has 0 bridgehead atoms. The monoisotopic (exact) mass is 515 g/mol. The van der Waals surface area contributed by atoms with Gasteiger partial charge in [0.1, 0.15) is 11.6 Å². The number of carbonyl (C=O) groups is 1. The number of hydrogen-bond donors (Lipinski definition) is 3. The fourth-order valence-corrected chi connectivity index (χ4v) is 3.94. The molecular weight excluding hydrogens is 487 g/mol. The Morgan fingerprint density at radius 1 is 1.11 bits per heavy atom. The molecule has 0 radical (unpaired) electrons. The van der Waals surface area contributed by atoms with Crippen molar-refractivity contribution in [3.63, 3.8) is 0 Å². The molecule has 0 spiro atoms. The molecule has 1 fully saturated rings. The molecule has 1 aliphatic rings. The molecule has 3 N–H and O–H groups in total. The number of aliphatic carboxylic acids is 1. The second-order valence-electron chi connectivity index (χ2n) is 9.78. The molecule has 1 aliphatic carbocycles. The standard InChI is InChI=1S/C27H28F3N3O4/c1-26(2,36)9-10-37-18-6-4-17(5-7-18)19-11-16(3-8-22(19)27(28,29)30)13-32-24-15-31-23(14-33-24)20-12-21(20)25(34)35/h3-8,11,14-15,20-21,36H,9-10,12-13H2,1-2H3,(H,32,33)(H,34,35)/t20?,21-/m1/s1. The van der Waals surface area contributed by atoms with E-state index in [1.807, 2.05) is 0 Å². The summed E-state index contributed by atoms with van der Waals surface area (Å²) in [7, 11) is 0. The molecule has 0 amide bonds. The van der Waals surface area contributed by atoms with Crippen LogP contribution in [0.5, 0.6) is 5.75 Å². The van der Waals surface area contributed by atoms with Gasteiger partial charge in [0, 0.05) is 18.9 Å². The maximum Gasteiger partial charge on any atom is 0.417 e. The number of rotatable bonds is 10. The largest absolute Gasteiger partial charge is 0.493 e. The molecular formula is C27H28F3N3O4. The Kier molecular flexibility index (Phi) is 7.40. The van der Waals surface area contributed by atoms with Crippen molar-refractivity contribution in [1.82, 2.24) is 9.97 Å². The molecule has 1 aromatic heterocycles. The predicted molar refractivity (Wildman–Crippen MR) is 131 cm³/mol. The highest BCUT2D eigenvalue weighted by molar-refractivity contribution is 5.75. The summed E-state index contributed by atoms with van der Waals surface area (Å²) in [5.74, 6) is -0.464. The highest BCUT2D eigenvalue weighted by Crippen LogP contribution is 2.46. The van der Waals surface area contributed by atoms with Crippen molar-refractivity contribution in [2.45, 2.75) is 50.9 Å². The minimum absolute atomic E-state index is 0.0460.